The summed E-state index contributed by atoms with van der Waals surface area (Å²) in [5.74, 6) is 0.875. The maximum absolute atomic E-state index is 6.39. The van der Waals surface area contributed by atoms with Gasteiger partial charge in [0.25, 0.3) is 0 Å². The van der Waals surface area contributed by atoms with E-state index in [4.69, 9.17) is 9.47 Å². The van der Waals surface area contributed by atoms with Crippen LogP contribution in [0.2, 0.25) is 0 Å². The number of hydrogen-bond acceptors (Lipinski definition) is 3. The molecule has 2 saturated carbocycles. The average molecular weight is 267 g/mol. The number of nitrogens with one attached hydrogen (secondary N) is 1. The van der Waals surface area contributed by atoms with E-state index in [1.807, 2.05) is 0 Å². The van der Waals surface area contributed by atoms with E-state index >= 15 is 0 Å². The summed E-state index contributed by atoms with van der Waals surface area (Å²) in [7, 11) is 0. The standard InChI is InChI=1S/C16H29NO2/c1-13-6-8-16(9-7-13,12-17-14-4-5-14)19-11-15-3-2-10-18-15/h13-15,17H,2-12H2,1H3. The lowest BCUT2D eigenvalue weighted by atomic mass is 9.79. The zero-order valence-corrected chi connectivity index (χ0v) is 12.3. The quantitative estimate of drug-likeness (QED) is 0.802. The summed E-state index contributed by atoms with van der Waals surface area (Å²) >= 11 is 0. The van der Waals surface area contributed by atoms with Crippen LogP contribution in [-0.4, -0.2) is 37.5 Å². The van der Waals surface area contributed by atoms with Gasteiger partial charge in [0.1, 0.15) is 0 Å². The van der Waals surface area contributed by atoms with Crippen molar-refractivity contribution in [2.24, 2.45) is 5.92 Å². The molecule has 0 aromatic rings. The second-order valence-electron chi connectivity index (χ2n) is 6.97. The third kappa shape index (κ3) is 3.93. The number of hydrogen-bond donors (Lipinski definition) is 1. The van der Waals surface area contributed by atoms with E-state index in [0.29, 0.717) is 6.10 Å². The van der Waals surface area contributed by atoms with Crippen molar-refractivity contribution in [1.82, 2.24) is 5.32 Å². The van der Waals surface area contributed by atoms with Crippen LogP contribution in [0.3, 0.4) is 0 Å². The van der Waals surface area contributed by atoms with Crippen LogP contribution < -0.4 is 5.32 Å². The largest absolute Gasteiger partial charge is 0.376 e. The van der Waals surface area contributed by atoms with E-state index in [0.717, 1.165) is 31.7 Å². The Morgan fingerprint density at radius 3 is 2.58 bits per heavy atom. The maximum Gasteiger partial charge on any atom is 0.0809 e. The Hall–Kier alpha value is -0.120. The summed E-state index contributed by atoms with van der Waals surface area (Å²) in [5.41, 5.74) is 0.0983. The fraction of sp³-hybridized carbons (Fsp3) is 1.00. The molecule has 3 rings (SSSR count). The Labute approximate surface area is 117 Å². The molecule has 3 heteroatoms. The molecule has 1 unspecified atom stereocenters. The van der Waals surface area contributed by atoms with Gasteiger partial charge >= 0.3 is 0 Å². The molecule has 0 radical (unpaired) electrons. The van der Waals surface area contributed by atoms with Gasteiger partial charge < -0.3 is 14.8 Å². The number of rotatable bonds is 6. The van der Waals surface area contributed by atoms with Crippen LogP contribution in [0.15, 0.2) is 0 Å². The molecule has 1 atom stereocenters. The fourth-order valence-corrected chi connectivity index (χ4v) is 3.32. The summed E-state index contributed by atoms with van der Waals surface area (Å²) < 4.78 is 12.1. The molecular weight excluding hydrogens is 238 g/mol. The summed E-state index contributed by atoms with van der Waals surface area (Å²) in [6.45, 7) is 5.16. The number of ether oxygens (including phenoxy) is 2. The van der Waals surface area contributed by atoms with Gasteiger partial charge in [-0.15, -0.1) is 0 Å². The third-order valence-electron chi connectivity index (χ3n) is 5.08. The third-order valence-corrected chi connectivity index (χ3v) is 5.08. The minimum atomic E-state index is 0.0983. The Morgan fingerprint density at radius 2 is 1.95 bits per heavy atom. The summed E-state index contributed by atoms with van der Waals surface area (Å²) in [4.78, 5) is 0. The lowest BCUT2D eigenvalue weighted by Crippen LogP contribution is -2.47. The highest BCUT2D eigenvalue weighted by Crippen LogP contribution is 2.35. The first-order valence-electron chi connectivity index (χ1n) is 8.25. The minimum absolute atomic E-state index is 0.0983. The Bertz CT molecular complexity index is 276. The molecule has 0 aromatic heterocycles. The molecule has 1 saturated heterocycles. The van der Waals surface area contributed by atoms with Crippen molar-refractivity contribution in [3.8, 4) is 0 Å². The highest BCUT2D eigenvalue weighted by atomic mass is 16.5. The van der Waals surface area contributed by atoms with Crippen LogP contribution in [0.5, 0.6) is 0 Å². The first kappa shape index (κ1) is 13.8. The molecule has 3 aliphatic rings. The van der Waals surface area contributed by atoms with Crippen molar-refractivity contribution in [3.63, 3.8) is 0 Å². The highest BCUT2D eigenvalue weighted by molar-refractivity contribution is 4.92. The normalized spacial score (nSPS) is 39.6. The topological polar surface area (TPSA) is 30.5 Å². The van der Waals surface area contributed by atoms with Crippen molar-refractivity contribution >= 4 is 0 Å². The zero-order valence-electron chi connectivity index (χ0n) is 12.3. The van der Waals surface area contributed by atoms with Gasteiger partial charge in [-0.1, -0.05) is 6.92 Å². The van der Waals surface area contributed by atoms with Crippen LogP contribution in [0.25, 0.3) is 0 Å². The van der Waals surface area contributed by atoms with Gasteiger partial charge in [0.05, 0.1) is 18.3 Å². The molecule has 19 heavy (non-hydrogen) atoms. The molecule has 2 aliphatic carbocycles. The van der Waals surface area contributed by atoms with E-state index in [1.54, 1.807) is 0 Å². The van der Waals surface area contributed by atoms with Gasteiger partial charge in [0.2, 0.25) is 0 Å². The SMILES string of the molecule is CC1CCC(CNC2CC2)(OCC2CCCO2)CC1. The smallest absolute Gasteiger partial charge is 0.0809 e. The molecule has 0 aromatic carbocycles. The molecular formula is C16H29NO2. The van der Waals surface area contributed by atoms with Crippen molar-refractivity contribution in [2.45, 2.75) is 76.0 Å². The Balaban J connectivity index is 1.51. The fourth-order valence-electron chi connectivity index (χ4n) is 3.32. The monoisotopic (exact) mass is 267 g/mol. The van der Waals surface area contributed by atoms with Crippen molar-refractivity contribution in [1.29, 1.82) is 0 Å². The highest BCUT2D eigenvalue weighted by Gasteiger charge is 2.37. The molecule has 1 N–H and O–H groups in total. The van der Waals surface area contributed by atoms with Gasteiger partial charge in [0.15, 0.2) is 0 Å². The van der Waals surface area contributed by atoms with Crippen molar-refractivity contribution < 1.29 is 9.47 Å². The molecule has 0 bridgehead atoms. The maximum atomic E-state index is 6.39. The second-order valence-corrected chi connectivity index (χ2v) is 6.97. The molecule has 1 aliphatic heterocycles. The predicted molar refractivity (Wildman–Crippen MR) is 76.3 cm³/mol. The molecule has 110 valence electrons. The minimum Gasteiger partial charge on any atom is -0.376 e. The molecule has 3 fully saturated rings. The first-order valence-corrected chi connectivity index (χ1v) is 8.25. The molecule has 3 nitrogen and oxygen atoms in total. The van der Waals surface area contributed by atoms with Gasteiger partial charge in [-0.2, -0.15) is 0 Å². The van der Waals surface area contributed by atoms with Crippen LogP contribution >= 0.6 is 0 Å². The lowest BCUT2D eigenvalue weighted by Gasteiger charge is -2.40. The van der Waals surface area contributed by atoms with Crippen molar-refractivity contribution in [3.05, 3.63) is 0 Å². The average Bonchev–Trinajstić information content (AvgIpc) is 3.11. The molecule has 1 heterocycles. The Kier molecular flexibility index (Phi) is 4.45. The van der Waals surface area contributed by atoms with Gasteiger partial charge in [-0.3, -0.25) is 0 Å². The predicted octanol–water partition coefficient (Wildman–Crippen LogP) is 2.88. The molecule has 0 amide bonds. The van der Waals surface area contributed by atoms with E-state index < -0.39 is 0 Å². The summed E-state index contributed by atoms with van der Waals surface area (Å²) in [6.07, 6.45) is 10.5. The zero-order chi connectivity index (χ0) is 13.1. The van der Waals surface area contributed by atoms with Gasteiger partial charge in [-0.05, 0) is 57.3 Å². The lowest BCUT2D eigenvalue weighted by molar-refractivity contribution is -0.105. The summed E-state index contributed by atoms with van der Waals surface area (Å²) in [6, 6.07) is 0.780. The van der Waals surface area contributed by atoms with E-state index in [2.05, 4.69) is 12.2 Å². The second kappa shape index (κ2) is 6.11. The van der Waals surface area contributed by atoms with Gasteiger partial charge in [-0.25, -0.2) is 0 Å². The van der Waals surface area contributed by atoms with Crippen LogP contribution in [0.4, 0.5) is 0 Å². The Morgan fingerprint density at radius 1 is 1.16 bits per heavy atom. The van der Waals surface area contributed by atoms with Crippen LogP contribution in [0, 0.1) is 5.92 Å². The van der Waals surface area contributed by atoms with E-state index in [9.17, 15) is 0 Å². The first-order chi connectivity index (χ1) is 9.26. The molecule has 0 spiro atoms. The summed E-state index contributed by atoms with van der Waals surface area (Å²) in [5, 5.41) is 3.69. The van der Waals surface area contributed by atoms with Crippen LogP contribution in [-0.2, 0) is 9.47 Å². The van der Waals surface area contributed by atoms with Gasteiger partial charge in [0, 0.05) is 19.2 Å². The van der Waals surface area contributed by atoms with E-state index in [-0.39, 0.29) is 5.60 Å². The van der Waals surface area contributed by atoms with Crippen LogP contribution in [0.1, 0.15) is 58.3 Å². The van der Waals surface area contributed by atoms with E-state index in [1.165, 1.54) is 51.4 Å². The van der Waals surface area contributed by atoms with Crippen molar-refractivity contribution in [2.75, 3.05) is 19.8 Å².